The van der Waals surface area contributed by atoms with Gasteiger partial charge in [-0.1, -0.05) is 19.1 Å². The van der Waals surface area contributed by atoms with Crippen molar-refractivity contribution in [2.75, 3.05) is 24.2 Å². The summed E-state index contributed by atoms with van der Waals surface area (Å²) >= 11 is 0. The van der Waals surface area contributed by atoms with Crippen molar-refractivity contribution >= 4 is 21.4 Å². The van der Waals surface area contributed by atoms with E-state index >= 15 is 0 Å². The number of carbonyl (C=O) groups excluding carboxylic acids is 1. The van der Waals surface area contributed by atoms with Gasteiger partial charge in [0.2, 0.25) is 5.91 Å². The number of hydrogen-bond acceptors (Lipinski definition) is 4. The van der Waals surface area contributed by atoms with Crippen molar-refractivity contribution in [3.8, 4) is 0 Å². The lowest BCUT2D eigenvalue weighted by Crippen LogP contribution is -2.25. The highest BCUT2D eigenvalue weighted by atomic mass is 32.2. The summed E-state index contributed by atoms with van der Waals surface area (Å²) in [6.07, 6.45) is 0.314. The summed E-state index contributed by atoms with van der Waals surface area (Å²) in [5.74, 6) is 0.00740. The van der Waals surface area contributed by atoms with Gasteiger partial charge in [-0.2, -0.15) is 0 Å². The van der Waals surface area contributed by atoms with E-state index in [-0.39, 0.29) is 16.6 Å². The van der Waals surface area contributed by atoms with Gasteiger partial charge in [0.25, 0.3) is 0 Å². The summed E-state index contributed by atoms with van der Waals surface area (Å²) in [6, 6.07) is 6.74. The minimum absolute atomic E-state index is 0.0502. The second-order valence-electron chi connectivity index (χ2n) is 4.03. The van der Waals surface area contributed by atoms with E-state index in [4.69, 9.17) is 0 Å². The van der Waals surface area contributed by atoms with Crippen molar-refractivity contribution in [2.45, 2.75) is 25.2 Å². The molecule has 0 aliphatic carbocycles. The smallest absolute Gasteiger partial charge is 0.221 e. The summed E-state index contributed by atoms with van der Waals surface area (Å²) in [5, 5.41) is 5.69. The van der Waals surface area contributed by atoms with E-state index in [0.717, 1.165) is 0 Å². The van der Waals surface area contributed by atoms with Gasteiger partial charge < -0.3 is 10.6 Å². The van der Waals surface area contributed by atoms with Gasteiger partial charge in [0.1, 0.15) is 0 Å². The second-order valence-corrected chi connectivity index (χ2v) is 6.28. The molecule has 0 unspecified atom stereocenters. The number of para-hydroxylation sites is 1. The molecule has 0 saturated heterocycles. The molecule has 1 aromatic rings. The first-order valence-electron chi connectivity index (χ1n) is 6.33. The molecular formula is C13H20N2O3S. The summed E-state index contributed by atoms with van der Waals surface area (Å²) in [6.45, 7) is 4.47. The fraction of sp³-hybridized carbons (Fsp3) is 0.462. The van der Waals surface area contributed by atoms with Gasteiger partial charge in [0, 0.05) is 19.5 Å². The topological polar surface area (TPSA) is 75.3 Å². The Morgan fingerprint density at radius 1 is 1.21 bits per heavy atom. The number of benzene rings is 1. The van der Waals surface area contributed by atoms with Crippen LogP contribution in [0.15, 0.2) is 29.2 Å². The van der Waals surface area contributed by atoms with Crippen molar-refractivity contribution in [3.63, 3.8) is 0 Å². The van der Waals surface area contributed by atoms with Crippen LogP contribution in [-0.4, -0.2) is 33.2 Å². The SMILES string of the molecule is CCNC(=O)CCNc1ccccc1S(=O)(=O)CC. The highest BCUT2D eigenvalue weighted by molar-refractivity contribution is 7.91. The number of hydrogen-bond donors (Lipinski definition) is 2. The maximum Gasteiger partial charge on any atom is 0.221 e. The third kappa shape index (κ3) is 4.55. The lowest BCUT2D eigenvalue weighted by atomic mass is 10.3. The summed E-state index contributed by atoms with van der Waals surface area (Å²) in [4.78, 5) is 11.6. The van der Waals surface area contributed by atoms with Crippen LogP contribution in [0.4, 0.5) is 5.69 Å². The summed E-state index contributed by atoms with van der Waals surface area (Å²) in [5.41, 5.74) is 0.550. The van der Waals surface area contributed by atoms with Gasteiger partial charge in [-0.25, -0.2) is 8.42 Å². The largest absolute Gasteiger partial charge is 0.383 e. The Labute approximate surface area is 114 Å². The number of sulfone groups is 1. The summed E-state index contributed by atoms with van der Waals surface area (Å²) < 4.78 is 23.8. The van der Waals surface area contributed by atoms with Crippen molar-refractivity contribution in [1.82, 2.24) is 5.32 Å². The predicted molar refractivity (Wildman–Crippen MR) is 76.0 cm³/mol. The van der Waals surface area contributed by atoms with E-state index in [9.17, 15) is 13.2 Å². The Morgan fingerprint density at radius 3 is 2.53 bits per heavy atom. The lowest BCUT2D eigenvalue weighted by molar-refractivity contribution is -0.120. The van der Waals surface area contributed by atoms with Crippen LogP contribution in [-0.2, 0) is 14.6 Å². The van der Waals surface area contributed by atoms with Gasteiger partial charge in [-0.15, -0.1) is 0 Å². The van der Waals surface area contributed by atoms with E-state index in [1.165, 1.54) is 0 Å². The molecule has 0 radical (unpaired) electrons. The molecule has 0 saturated carbocycles. The molecule has 106 valence electrons. The Balaban J connectivity index is 2.72. The highest BCUT2D eigenvalue weighted by Gasteiger charge is 2.15. The zero-order chi connectivity index (χ0) is 14.3. The van der Waals surface area contributed by atoms with E-state index in [0.29, 0.717) is 25.2 Å². The van der Waals surface area contributed by atoms with Crippen LogP contribution in [0.2, 0.25) is 0 Å². The van der Waals surface area contributed by atoms with Crippen molar-refractivity contribution in [1.29, 1.82) is 0 Å². The van der Waals surface area contributed by atoms with E-state index in [1.54, 1.807) is 31.2 Å². The molecule has 0 spiro atoms. The van der Waals surface area contributed by atoms with Crippen molar-refractivity contribution in [2.24, 2.45) is 0 Å². The Kier molecular flexibility index (Phi) is 5.82. The van der Waals surface area contributed by atoms with Crippen LogP contribution in [0.25, 0.3) is 0 Å². The van der Waals surface area contributed by atoms with Crippen LogP contribution < -0.4 is 10.6 Å². The van der Waals surface area contributed by atoms with Gasteiger partial charge >= 0.3 is 0 Å². The van der Waals surface area contributed by atoms with Gasteiger partial charge in [-0.05, 0) is 19.1 Å². The molecule has 6 heteroatoms. The Morgan fingerprint density at radius 2 is 1.89 bits per heavy atom. The van der Waals surface area contributed by atoms with Crippen LogP contribution in [0.5, 0.6) is 0 Å². The van der Waals surface area contributed by atoms with Crippen LogP contribution in [0.3, 0.4) is 0 Å². The average molecular weight is 284 g/mol. The van der Waals surface area contributed by atoms with Crippen molar-refractivity contribution < 1.29 is 13.2 Å². The van der Waals surface area contributed by atoms with E-state index in [2.05, 4.69) is 10.6 Å². The molecule has 5 nitrogen and oxygen atoms in total. The molecule has 1 aromatic carbocycles. The van der Waals surface area contributed by atoms with E-state index < -0.39 is 9.84 Å². The maximum absolute atomic E-state index is 11.9. The monoisotopic (exact) mass is 284 g/mol. The first kappa shape index (κ1) is 15.5. The highest BCUT2D eigenvalue weighted by Crippen LogP contribution is 2.21. The molecule has 2 N–H and O–H groups in total. The lowest BCUT2D eigenvalue weighted by Gasteiger charge is -2.11. The number of anilines is 1. The molecule has 0 aliphatic rings. The molecule has 0 aliphatic heterocycles. The second kappa shape index (κ2) is 7.13. The van der Waals surface area contributed by atoms with Gasteiger partial charge in [-0.3, -0.25) is 4.79 Å². The normalized spacial score (nSPS) is 11.1. The molecule has 1 amide bonds. The molecule has 0 fully saturated rings. The number of carbonyl (C=O) groups is 1. The Hall–Kier alpha value is -1.56. The standard InChI is InChI=1S/C13H20N2O3S/c1-3-14-13(16)9-10-15-11-7-5-6-8-12(11)19(17,18)4-2/h5-8,15H,3-4,9-10H2,1-2H3,(H,14,16). The Bertz CT molecular complexity index is 526. The average Bonchev–Trinajstić information content (AvgIpc) is 2.39. The minimum atomic E-state index is -3.25. The van der Waals surface area contributed by atoms with Crippen molar-refractivity contribution in [3.05, 3.63) is 24.3 Å². The molecule has 1 rings (SSSR count). The van der Waals surface area contributed by atoms with Crippen LogP contribution in [0.1, 0.15) is 20.3 Å². The van der Waals surface area contributed by atoms with Gasteiger partial charge in [0.05, 0.1) is 16.3 Å². The van der Waals surface area contributed by atoms with Crippen LogP contribution >= 0.6 is 0 Å². The maximum atomic E-state index is 11.9. The molecule has 19 heavy (non-hydrogen) atoms. The predicted octanol–water partition coefficient (Wildman–Crippen LogP) is 1.42. The molecule has 0 heterocycles. The fourth-order valence-corrected chi connectivity index (χ4v) is 2.71. The molecule has 0 bridgehead atoms. The molecular weight excluding hydrogens is 264 g/mol. The third-order valence-electron chi connectivity index (χ3n) is 2.64. The van der Waals surface area contributed by atoms with Crippen LogP contribution in [0, 0.1) is 0 Å². The fourth-order valence-electron chi connectivity index (χ4n) is 1.64. The number of rotatable bonds is 7. The zero-order valence-electron chi connectivity index (χ0n) is 11.3. The van der Waals surface area contributed by atoms with E-state index in [1.807, 2.05) is 6.92 Å². The zero-order valence-corrected chi connectivity index (χ0v) is 12.1. The quantitative estimate of drug-likeness (QED) is 0.794. The number of nitrogens with one attached hydrogen (secondary N) is 2. The first-order valence-corrected chi connectivity index (χ1v) is 7.98. The first-order chi connectivity index (χ1) is 9.01. The number of amides is 1. The summed E-state index contributed by atoms with van der Waals surface area (Å²) in [7, 11) is -3.25. The minimum Gasteiger partial charge on any atom is -0.383 e. The molecule has 0 aromatic heterocycles. The third-order valence-corrected chi connectivity index (χ3v) is 4.43. The molecule has 0 atom stereocenters. The van der Waals surface area contributed by atoms with Gasteiger partial charge in [0.15, 0.2) is 9.84 Å².